The minimum atomic E-state index is -0.00630. The van der Waals surface area contributed by atoms with Crippen molar-refractivity contribution in [3.05, 3.63) is 65.1 Å². The van der Waals surface area contributed by atoms with E-state index in [0.29, 0.717) is 10.6 Å². The smallest absolute Gasteiger partial charge is 0.253 e. The van der Waals surface area contributed by atoms with Crippen LogP contribution in [0.2, 0.25) is 5.02 Å². The summed E-state index contributed by atoms with van der Waals surface area (Å²) in [4.78, 5) is 19.3. The molecule has 0 aliphatic carbocycles. The Hall–Kier alpha value is -2.59. The number of piperidine rings is 1. The van der Waals surface area contributed by atoms with Crippen molar-refractivity contribution >= 4 is 17.5 Å². The van der Waals surface area contributed by atoms with Crippen molar-refractivity contribution in [2.24, 2.45) is 7.05 Å². The number of halogens is 1. The number of hydrogen-bond donors (Lipinski definition) is 0. The minimum Gasteiger partial charge on any atom is -0.350 e. The third-order valence-electron chi connectivity index (χ3n) is 6.00. The summed E-state index contributed by atoms with van der Waals surface area (Å²) in [6.07, 6.45) is 7.34. The van der Waals surface area contributed by atoms with Gasteiger partial charge in [0.1, 0.15) is 0 Å². The predicted molar refractivity (Wildman–Crippen MR) is 128 cm³/mol. The van der Waals surface area contributed by atoms with Crippen molar-refractivity contribution in [2.75, 3.05) is 13.1 Å². The minimum absolute atomic E-state index is 0.00630. The number of likely N-dealkylation sites (tertiary alicyclic amines) is 1. The first-order valence-corrected chi connectivity index (χ1v) is 11.3. The second-order valence-corrected chi connectivity index (χ2v) is 9.86. The van der Waals surface area contributed by atoms with Gasteiger partial charge in [-0.3, -0.25) is 9.78 Å². The lowest BCUT2D eigenvalue weighted by atomic mass is 9.90. The van der Waals surface area contributed by atoms with Gasteiger partial charge in [-0.25, -0.2) is 0 Å². The zero-order valence-electron chi connectivity index (χ0n) is 18.8. The zero-order chi connectivity index (χ0) is 22.2. The molecule has 0 radical (unpaired) electrons. The average Bonchev–Trinajstić information content (AvgIpc) is 3.14. The number of aromatic nitrogens is 2. The Bertz CT molecular complexity index is 1100. The number of pyridine rings is 1. The Labute approximate surface area is 189 Å². The van der Waals surface area contributed by atoms with Crippen LogP contribution in [0.4, 0.5) is 0 Å². The standard InChI is InChI=1S/C26H30ClN3O/c1-26(2,3)24-16-18(10-11-28-24)20-15-23(29(4)17-20)21-9-8-19(14-22(21)27)25(31)30-12-6-5-7-13-30/h8-11,14-17H,5-7,12-13H2,1-4H3. The molecule has 0 spiro atoms. The van der Waals surface area contributed by atoms with Gasteiger partial charge in [-0.15, -0.1) is 0 Å². The van der Waals surface area contributed by atoms with Gasteiger partial charge in [0.15, 0.2) is 0 Å². The predicted octanol–water partition coefficient (Wildman–Crippen LogP) is 6.33. The molecule has 162 valence electrons. The van der Waals surface area contributed by atoms with Crippen molar-refractivity contribution in [3.8, 4) is 22.4 Å². The Morgan fingerprint density at radius 2 is 1.74 bits per heavy atom. The number of hydrogen-bond acceptors (Lipinski definition) is 2. The number of rotatable bonds is 3. The van der Waals surface area contributed by atoms with Gasteiger partial charge in [-0.1, -0.05) is 38.4 Å². The van der Waals surface area contributed by atoms with E-state index in [4.69, 9.17) is 11.6 Å². The molecule has 2 aromatic heterocycles. The van der Waals surface area contributed by atoms with E-state index in [-0.39, 0.29) is 11.3 Å². The number of nitrogens with zero attached hydrogens (tertiary/aromatic N) is 3. The second kappa shape index (κ2) is 8.51. The van der Waals surface area contributed by atoms with Crippen LogP contribution in [-0.2, 0) is 12.5 Å². The van der Waals surface area contributed by atoms with E-state index < -0.39 is 0 Å². The number of carbonyl (C=O) groups is 1. The molecule has 31 heavy (non-hydrogen) atoms. The third kappa shape index (κ3) is 4.54. The van der Waals surface area contributed by atoms with E-state index in [9.17, 15) is 4.79 Å². The molecule has 1 fully saturated rings. The van der Waals surface area contributed by atoms with Crippen LogP contribution >= 0.6 is 11.6 Å². The van der Waals surface area contributed by atoms with Crippen molar-refractivity contribution < 1.29 is 4.79 Å². The topological polar surface area (TPSA) is 38.1 Å². The highest BCUT2D eigenvalue weighted by molar-refractivity contribution is 6.33. The molecule has 5 heteroatoms. The Kier molecular flexibility index (Phi) is 5.94. The van der Waals surface area contributed by atoms with Gasteiger partial charge in [0.25, 0.3) is 5.91 Å². The monoisotopic (exact) mass is 435 g/mol. The highest BCUT2D eigenvalue weighted by Crippen LogP contribution is 2.34. The number of benzene rings is 1. The maximum absolute atomic E-state index is 12.8. The molecular weight excluding hydrogens is 406 g/mol. The first-order chi connectivity index (χ1) is 14.7. The summed E-state index contributed by atoms with van der Waals surface area (Å²) in [5.41, 5.74) is 5.92. The summed E-state index contributed by atoms with van der Waals surface area (Å²) < 4.78 is 2.08. The lowest BCUT2D eigenvalue weighted by molar-refractivity contribution is 0.0724. The normalized spacial score (nSPS) is 14.7. The van der Waals surface area contributed by atoms with Crippen LogP contribution in [-0.4, -0.2) is 33.4 Å². The Morgan fingerprint density at radius 1 is 1.00 bits per heavy atom. The van der Waals surface area contributed by atoms with Gasteiger partial charge in [0.2, 0.25) is 0 Å². The van der Waals surface area contributed by atoms with Gasteiger partial charge in [-0.2, -0.15) is 0 Å². The zero-order valence-corrected chi connectivity index (χ0v) is 19.5. The Balaban J connectivity index is 1.64. The first kappa shape index (κ1) is 21.6. The molecule has 0 atom stereocenters. The number of amides is 1. The second-order valence-electron chi connectivity index (χ2n) is 9.45. The molecule has 1 amide bonds. The van der Waals surface area contributed by atoms with Crippen LogP contribution < -0.4 is 0 Å². The van der Waals surface area contributed by atoms with Gasteiger partial charge < -0.3 is 9.47 Å². The van der Waals surface area contributed by atoms with E-state index in [2.05, 4.69) is 48.7 Å². The average molecular weight is 436 g/mol. The maximum atomic E-state index is 12.8. The third-order valence-corrected chi connectivity index (χ3v) is 6.31. The van der Waals surface area contributed by atoms with E-state index in [1.54, 1.807) is 0 Å². The SMILES string of the molecule is Cn1cc(-c2ccnc(C(C)(C)C)c2)cc1-c1ccc(C(=O)N2CCCCC2)cc1Cl. The molecule has 3 aromatic rings. The lowest BCUT2D eigenvalue weighted by Crippen LogP contribution is -2.35. The summed E-state index contributed by atoms with van der Waals surface area (Å²) in [6, 6.07) is 12.0. The van der Waals surface area contributed by atoms with Crippen molar-refractivity contribution in [1.29, 1.82) is 0 Å². The van der Waals surface area contributed by atoms with Crippen LogP contribution in [0.25, 0.3) is 22.4 Å². The van der Waals surface area contributed by atoms with Crippen molar-refractivity contribution in [3.63, 3.8) is 0 Å². The molecule has 4 nitrogen and oxygen atoms in total. The van der Waals surface area contributed by atoms with E-state index in [1.807, 2.05) is 42.4 Å². The Morgan fingerprint density at radius 3 is 2.42 bits per heavy atom. The van der Waals surface area contributed by atoms with Crippen LogP contribution in [0.3, 0.4) is 0 Å². The van der Waals surface area contributed by atoms with Crippen molar-refractivity contribution in [1.82, 2.24) is 14.5 Å². The van der Waals surface area contributed by atoms with Crippen LogP contribution in [0.5, 0.6) is 0 Å². The largest absolute Gasteiger partial charge is 0.350 e. The van der Waals surface area contributed by atoms with Crippen LogP contribution in [0.1, 0.15) is 56.1 Å². The highest BCUT2D eigenvalue weighted by atomic mass is 35.5. The fourth-order valence-electron chi connectivity index (χ4n) is 4.15. The van der Waals surface area contributed by atoms with Gasteiger partial charge >= 0.3 is 0 Å². The van der Waals surface area contributed by atoms with Crippen molar-refractivity contribution in [2.45, 2.75) is 45.4 Å². The molecule has 0 bridgehead atoms. The molecule has 3 heterocycles. The first-order valence-electron chi connectivity index (χ1n) is 11.0. The summed E-state index contributed by atoms with van der Waals surface area (Å²) in [5, 5.41) is 0.598. The highest BCUT2D eigenvalue weighted by Gasteiger charge is 2.20. The van der Waals surface area contributed by atoms with E-state index in [0.717, 1.165) is 54.0 Å². The van der Waals surface area contributed by atoms with Gasteiger partial charge in [0, 0.05) is 66.0 Å². The van der Waals surface area contributed by atoms with Crippen LogP contribution in [0.15, 0.2) is 48.8 Å². The molecule has 0 unspecified atom stereocenters. The molecule has 1 aliphatic heterocycles. The fraction of sp³-hybridized carbons (Fsp3) is 0.385. The summed E-state index contributed by atoms with van der Waals surface area (Å²) in [5.74, 6) is 0.0761. The molecule has 1 aliphatic rings. The molecule has 4 rings (SSSR count). The van der Waals surface area contributed by atoms with Gasteiger partial charge in [0.05, 0.1) is 5.02 Å². The summed E-state index contributed by atoms with van der Waals surface area (Å²) in [6.45, 7) is 8.18. The molecule has 1 saturated heterocycles. The summed E-state index contributed by atoms with van der Waals surface area (Å²) in [7, 11) is 2.02. The summed E-state index contributed by atoms with van der Waals surface area (Å²) >= 11 is 6.67. The van der Waals surface area contributed by atoms with Gasteiger partial charge in [-0.05, 0) is 55.2 Å². The lowest BCUT2D eigenvalue weighted by Gasteiger charge is -2.26. The molecular formula is C26H30ClN3O. The fourth-order valence-corrected chi connectivity index (χ4v) is 4.42. The molecule has 0 saturated carbocycles. The van der Waals surface area contributed by atoms with E-state index in [1.165, 1.54) is 6.42 Å². The number of carbonyl (C=O) groups excluding carboxylic acids is 1. The molecule has 1 aromatic carbocycles. The van der Waals surface area contributed by atoms with Crippen LogP contribution in [0, 0.1) is 0 Å². The quantitative estimate of drug-likeness (QED) is 0.482. The molecule has 0 N–H and O–H groups in total. The van der Waals surface area contributed by atoms with E-state index >= 15 is 0 Å². The number of aryl methyl sites for hydroxylation is 1. The maximum Gasteiger partial charge on any atom is 0.253 e.